The van der Waals surface area contributed by atoms with Gasteiger partial charge in [-0.1, -0.05) is 35.9 Å². The number of piperazine rings is 1. The molecule has 200 valence electrons. The number of allylic oxidation sites excluding steroid dienone is 6. The number of pyridine rings is 1. The highest BCUT2D eigenvalue weighted by atomic mass is 35.5. The lowest BCUT2D eigenvalue weighted by molar-refractivity contribution is -0.128. The van der Waals surface area contributed by atoms with Crippen LogP contribution in [0.5, 0.6) is 0 Å². The molecule has 2 saturated heterocycles. The number of hydrogen-bond acceptors (Lipinski definition) is 7. The first-order valence-corrected chi connectivity index (χ1v) is 13.0. The predicted octanol–water partition coefficient (Wildman–Crippen LogP) is 2.59. The zero-order chi connectivity index (χ0) is 27.1. The largest absolute Gasteiger partial charge is 0.394 e. The number of aromatic nitrogens is 1. The second-order valence-corrected chi connectivity index (χ2v) is 9.93. The third-order valence-corrected chi connectivity index (χ3v) is 7.04. The van der Waals surface area contributed by atoms with Crippen LogP contribution in [-0.2, 0) is 4.79 Å². The number of likely N-dealkylation sites (tertiary alicyclic amines) is 1. The highest BCUT2D eigenvalue weighted by molar-refractivity contribution is 6.33. The zero-order valence-electron chi connectivity index (χ0n) is 21.3. The number of piperidine rings is 1. The van der Waals surface area contributed by atoms with E-state index >= 15 is 0 Å². The Labute approximate surface area is 228 Å². The van der Waals surface area contributed by atoms with Gasteiger partial charge in [-0.3, -0.25) is 14.5 Å². The van der Waals surface area contributed by atoms with Crippen LogP contribution < -0.4 is 21.7 Å². The van der Waals surface area contributed by atoms with Gasteiger partial charge < -0.3 is 26.6 Å². The van der Waals surface area contributed by atoms with Crippen molar-refractivity contribution in [1.82, 2.24) is 20.1 Å². The highest BCUT2D eigenvalue weighted by Gasteiger charge is 2.34. The van der Waals surface area contributed by atoms with E-state index in [2.05, 4.69) is 21.8 Å². The van der Waals surface area contributed by atoms with Gasteiger partial charge in [0.1, 0.15) is 5.82 Å². The van der Waals surface area contributed by atoms with Gasteiger partial charge in [0, 0.05) is 57.0 Å². The smallest absolute Gasteiger partial charge is 0.269 e. The normalized spacial score (nSPS) is 20.4. The Morgan fingerprint density at radius 1 is 1.22 bits per heavy atom. The van der Waals surface area contributed by atoms with Gasteiger partial charge in [-0.2, -0.15) is 0 Å². The summed E-state index contributed by atoms with van der Waals surface area (Å²) in [7, 11) is 1.56. The lowest BCUT2D eigenvalue weighted by Crippen LogP contribution is -2.62. The van der Waals surface area contributed by atoms with Crippen molar-refractivity contribution in [3.8, 4) is 0 Å². The average molecular weight is 549 g/mol. The van der Waals surface area contributed by atoms with E-state index in [1.54, 1.807) is 36.2 Å². The van der Waals surface area contributed by atoms with Gasteiger partial charge in [0.2, 0.25) is 0 Å². The van der Waals surface area contributed by atoms with Crippen molar-refractivity contribution < 1.29 is 9.59 Å². The summed E-state index contributed by atoms with van der Waals surface area (Å²) in [6.07, 6.45) is 9.69. The summed E-state index contributed by atoms with van der Waals surface area (Å²) < 4.78 is 0. The Hall–Kier alpha value is -2.85. The third-order valence-electron chi connectivity index (χ3n) is 6.53. The number of halogens is 2. The van der Waals surface area contributed by atoms with Crippen LogP contribution in [0.1, 0.15) is 30.1 Å². The van der Waals surface area contributed by atoms with Crippen LogP contribution in [0.15, 0.2) is 59.4 Å². The third kappa shape index (κ3) is 7.35. The number of amides is 2. The molecule has 1 unspecified atom stereocenters. The van der Waals surface area contributed by atoms with E-state index in [1.165, 1.54) is 6.20 Å². The first-order valence-electron chi connectivity index (χ1n) is 12.2. The first kappa shape index (κ1) is 28.7. The molecule has 1 aromatic heterocycles. The summed E-state index contributed by atoms with van der Waals surface area (Å²) in [5.74, 6) is 0.181. The van der Waals surface area contributed by atoms with Gasteiger partial charge in [0.25, 0.3) is 11.8 Å². The lowest BCUT2D eigenvalue weighted by atomic mass is 10.0. The van der Waals surface area contributed by atoms with Gasteiger partial charge in [0.15, 0.2) is 0 Å². The molecule has 2 amide bonds. The van der Waals surface area contributed by atoms with E-state index in [9.17, 15) is 9.59 Å². The van der Waals surface area contributed by atoms with Gasteiger partial charge in [-0.05, 0) is 49.6 Å². The SMILES string of the molecule is C=C(/C=C(\N)C(=O)N1CCC(N2CCN(c3ncc(C(=O)NC)cc3Cl)CC2N)CC1)/C=C(Cl)\C=C/C. The summed E-state index contributed by atoms with van der Waals surface area (Å²) >= 11 is 12.5. The molecule has 2 aliphatic heterocycles. The monoisotopic (exact) mass is 547 g/mol. The molecule has 0 aliphatic carbocycles. The van der Waals surface area contributed by atoms with Crippen molar-refractivity contribution >= 4 is 40.8 Å². The van der Waals surface area contributed by atoms with Crippen molar-refractivity contribution in [2.45, 2.75) is 32.0 Å². The van der Waals surface area contributed by atoms with Crippen LogP contribution in [0.25, 0.3) is 0 Å². The molecule has 2 aliphatic rings. The van der Waals surface area contributed by atoms with E-state index in [1.807, 2.05) is 17.9 Å². The fourth-order valence-corrected chi connectivity index (χ4v) is 5.22. The second kappa shape index (κ2) is 13.1. The Morgan fingerprint density at radius 3 is 2.51 bits per heavy atom. The number of carbonyl (C=O) groups excluding carboxylic acids is 2. The molecule has 0 aromatic carbocycles. The van der Waals surface area contributed by atoms with E-state index in [-0.39, 0.29) is 29.7 Å². The molecule has 0 spiro atoms. The van der Waals surface area contributed by atoms with E-state index < -0.39 is 0 Å². The average Bonchev–Trinajstić information content (AvgIpc) is 2.87. The maximum atomic E-state index is 12.8. The van der Waals surface area contributed by atoms with Crippen LogP contribution in [-0.4, -0.2) is 78.6 Å². The van der Waals surface area contributed by atoms with Crippen LogP contribution in [0.4, 0.5) is 5.82 Å². The van der Waals surface area contributed by atoms with Crippen molar-refractivity contribution in [2.24, 2.45) is 11.5 Å². The Balaban J connectivity index is 1.54. The molecule has 1 atom stereocenters. The van der Waals surface area contributed by atoms with Crippen molar-refractivity contribution in [2.75, 3.05) is 44.7 Å². The minimum atomic E-state index is -0.236. The number of nitrogens with zero attached hydrogens (tertiary/aromatic N) is 4. The van der Waals surface area contributed by atoms with Crippen LogP contribution in [0.3, 0.4) is 0 Å². The van der Waals surface area contributed by atoms with Gasteiger partial charge >= 0.3 is 0 Å². The maximum absolute atomic E-state index is 12.8. The number of hydrogen-bond donors (Lipinski definition) is 3. The predicted molar refractivity (Wildman–Crippen MR) is 149 cm³/mol. The Kier molecular flexibility index (Phi) is 10.2. The van der Waals surface area contributed by atoms with Crippen molar-refractivity contribution in [3.05, 3.63) is 70.0 Å². The molecule has 9 nitrogen and oxygen atoms in total. The summed E-state index contributed by atoms with van der Waals surface area (Å²) in [4.78, 5) is 35.2. The maximum Gasteiger partial charge on any atom is 0.269 e. The summed E-state index contributed by atoms with van der Waals surface area (Å²) in [6, 6.07) is 1.89. The lowest BCUT2D eigenvalue weighted by Gasteiger charge is -2.46. The van der Waals surface area contributed by atoms with E-state index in [0.717, 1.165) is 19.4 Å². The number of nitrogens with one attached hydrogen (secondary N) is 1. The minimum Gasteiger partial charge on any atom is -0.394 e. The molecule has 2 fully saturated rings. The Morgan fingerprint density at radius 2 is 1.92 bits per heavy atom. The number of anilines is 1. The second-order valence-electron chi connectivity index (χ2n) is 9.09. The van der Waals surface area contributed by atoms with Crippen LogP contribution in [0.2, 0.25) is 5.02 Å². The molecular weight excluding hydrogens is 513 g/mol. The number of nitrogens with two attached hydrogens (primary N) is 2. The number of rotatable bonds is 7. The van der Waals surface area contributed by atoms with Crippen molar-refractivity contribution in [3.63, 3.8) is 0 Å². The van der Waals surface area contributed by atoms with Gasteiger partial charge in [-0.25, -0.2) is 4.98 Å². The molecule has 37 heavy (non-hydrogen) atoms. The molecule has 0 radical (unpaired) electrons. The van der Waals surface area contributed by atoms with E-state index in [4.69, 9.17) is 34.7 Å². The molecule has 11 heteroatoms. The van der Waals surface area contributed by atoms with Gasteiger partial charge in [0.05, 0.1) is 22.4 Å². The Bertz CT molecular complexity index is 1110. The minimum absolute atomic E-state index is 0.141. The quantitative estimate of drug-likeness (QED) is 0.354. The molecule has 1 aromatic rings. The van der Waals surface area contributed by atoms with E-state index in [0.29, 0.717) is 53.2 Å². The fourth-order valence-electron chi connectivity index (χ4n) is 4.67. The zero-order valence-corrected chi connectivity index (χ0v) is 22.8. The number of carbonyl (C=O) groups is 2. The molecule has 0 saturated carbocycles. The molecular formula is C26H35Cl2N7O2. The molecule has 3 rings (SSSR count). The molecule has 0 bridgehead atoms. The van der Waals surface area contributed by atoms with Crippen LogP contribution in [0, 0.1) is 0 Å². The van der Waals surface area contributed by atoms with Crippen molar-refractivity contribution in [1.29, 1.82) is 0 Å². The van der Waals surface area contributed by atoms with Crippen LogP contribution >= 0.6 is 23.2 Å². The topological polar surface area (TPSA) is 121 Å². The summed E-state index contributed by atoms with van der Waals surface area (Å²) in [6.45, 7) is 8.98. The van der Waals surface area contributed by atoms with Gasteiger partial charge in [-0.15, -0.1) is 0 Å². The standard InChI is InChI=1S/C26H35Cl2N7O2/c1-4-5-19(27)12-17(2)13-22(29)26(37)33-8-6-20(7-9-33)35-11-10-34(16-23(35)30)24-21(28)14-18(15-32-24)25(36)31-3/h4-5,12-15,20,23H,2,6-11,16,29-30H2,1,3H3,(H,31,36)/b5-4-,19-12+,22-13-. The first-order chi connectivity index (χ1) is 17.6. The fraction of sp³-hybridized carbons (Fsp3) is 0.423. The molecule has 5 N–H and O–H groups in total. The summed E-state index contributed by atoms with van der Waals surface area (Å²) in [5, 5.41) is 3.50. The summed E-state index contributed by atoms with van der Waals surface area (Å²) in [5.41, 5.74) is 13.7. The highest BCUT2D eigenvalue weighted by Crippen LogP contribution is 2.28. The molecule has 3 heterocycles.